The highest BCUT2D eigenvalue weighted by Crippen LogP contribution is 2.47. The number of pyridine rings is 1. The van der Waals surface area contributed by atoms with Gasteiger partial charge >= 0.3 is 0 Å². The molecule has 3 heterocycles. The topological polar surface area (TPSA) is 17.8 Å². The van der Waals surface area contributed by atoms with Crippen LogP contribution in [0.2, 0.25) is 0 Å². The molecule has 224 valence electrons. The van der Waals surface area contributed by atoms with E-state index in [4.69, 9.17) is 4.98 Å². The fourth-order valence-electron chi connectivity index (χ4n) is 7.37. The van der Waals surface area contributed by atoms with E-state index in [1.165, 1.54) is 75.1 Å². The van der Waals surface area contributed by atoms with Crippen LogP contribution in [0.5, 0.6) is 0 Å². The maximum absolute atomic E-state index is 5.37. The molecule has 0 fully saturated rings. The number of rotatable bonds is 4. The van der Waals surface area contributed by atoms with Crippen LogP contribution in [0.3, 0.4) is 0 Å². The molecule has 48 heavy (non-hydrogen) atoms. The predicted molar refractivity (Wildman–Crippen MR) is 205 cm³/mol. The van der Waals surface area contributed by atoms with Crippen LogP contribution in [-0.4, -0.2) is 9.55 Å². The van der Waals surface area contributed by atoms with E-state index in [1.54, 1.807) is 0 Å². The van der Waals surface area contributed by atoms with Crippen molar-refractivity contribution < 1.29 is 0 Å². The monoisotopic (exact) mass is 628 g/mol. The van der Waals surface area contributed by atoms with Gasteiger partial charge in [-0.3, -0.25) is 0 Å². The normalized spacial score (nSPS) is 11.8. The van der Waals surface area contributed by atoms with Crippen LogP contribution in [0.15, 0.2) is 170 Å². The Morgan fingerprint density at radius 1 is 0.438 bits per heavy atom. The second-order valence-electron chi connectivity index (χ2n) is 12.3. The van der Waals surface area contributed by atoms with Crippen LogP contribution in [0.4, 0.5) is 0 Å². The Morgan fingerprint density at radius 2 is 1.10 bits per heavy atom. The molecule has 2 nitrogen and oxygen atoms in total. The average molecular weight is 629 g/mol. The molecule has 0 aliphatic rings. The number of nitrogens with zero attached hydrogens (tertiary/aromatic N) is 2. The molecule has 0 aliphatic carbocycles. The molecule has 0 amide bonds. The molecule has 0 saturated heterocycles. The van der Waals surface area contributed by atoms with Gasteiger partial charge in [0.25, 0.3) is 0 Å². The SMILES string of the molecule is c1ccc(-c2ccc3c(c2)c2c4sc5c(-c6nc(-c7ccccc7)cc7ccccc67)cccc5c4ccc2n3-c2ccccc2)cc1. The van der Waals surface area contributed by atoms with E-state index in [9.17, 15) is 0 Å². The third-order valence-electron chi connectivity index (χ3n) is 9.58. The third kappa shape index (κ3) is 4.15. The molecule has 0 atom stereocenters. The molecule has 3 aromatic heterocycles. The summed E-state index contributed by atoms with van der Waals surface area (Å²) in [6.45, 7) is 0. The van der Waals surface area contributed by atoms with E-state index in [0.717, 1.165) is 17.0 Å². The molecule has 0 aliphatic heterocycles. The Balaban J connectivity index is 1.30. The molecule has 7 aromatic carbocycles. The first-order valence-corrected chi connectivity index (χ1v) is 17.1. The van der Waals surface area contributed by atoms with Gasteiger partial charge in [-0.15, -0.1) is 11.3 Å². The number of para-hydroxylation sites is 1. The summed E-state index contributed by atoms with van der Waals surface area (Å²) < 4.78 is 4.99. The first-order valence-electron chi connectivity index (χ1n) is 16.3. The molecule has 0 unspecified atom stereocenters. The summed E-state index contributed by atoms with van der Waals surface area (Å²) in [4.78, 5) is 5.37. The number of aromatic nitrogens is 2. The molecule has 10 aromatic rings. The zero-order chi connectivity index (χ0) is 31.6. The van der Waals surface area contributed by atoms with Crippen molar-refractivity contribution in [1.29, 1.82) is 0 Å². The second kappa shape index (κ2) is 10.8. The fraction of sp³-hybridized carbons (Fsp3) is 0. The first kappa shape index (κ1) is 27.1. The number of hydrogen-bond acceptors (Lipinski definition) is 2. The minimum absolute atomic E-state index is 0.990. The van der Waals surface area contributed by atoms with Gasteiger partial charge in [-0.2, -0.15) is 0 Å². The van der Waals surface area contributed by atoms with Gasteiger partial charge in [0, 0.05) is 53.1 Å². The molecule has 0 N–H and O–H groups in total. The fourth-order valence-corrected chi connectivity index (χ4v) is 8.74. The maximum atomic E-state index is 5.37. The summed E-state index contributed by atoms with van der Waals surface area (Å²) in [5.41, 5.74) is 10.4. The summed E-state index contributed by atoms with van der Waals surface area (Å²) in [7, 11) is 0. The summed E-state index contributed by atoms with van der Waals surface area (Å²) in [6.07, 6.45) is 0. The lowest BCUT2D eigenvalue weighted by Crippen LogP contribution is -1.92. The van der Waals surface area contributed by atoms with Gasteiger partial charge in [-0.25, -0.2) is 4.98 Å². The minimum atomic E-state index is 0.990. The van der Waals surface area contributed by atoms with Gasteiger partial charge in [0.05, 0.1) is 22.4 Å². The average Bonchev–Trinajstić information content (AvgIpc) is 3.71. The van der Waals surface area contributed by atoms with E-state index >= 15 is 0 Å². The van der Waals surface area contributed by atoms with Crippen LogP contribution in [0.25, 0.3) is 92.1 Å². The van der Waals surface area contributed by atoms with Gasteiger partial charge in [0.2, 0.25) is 0 Å². The number of fused-ring (bicyclic) bond motifs is 8. The smallest absolute Gasteiger partial charge is 0.0802 e. The lowest BCUT2D eigenvalue weighted by atomic mass is 9.99. The largest absolute Gasteiger partial charge is 0.309 e. The molecular weight excluding hydrogens is 601 g/mol. The van der Waals surface area contributed by atoms with Crippen LogP contribution >= 0.6 is 11.3 Å². The van der Waals surface area contributed by atoms with Crippen LogP contribution in [-0.2, 0) is 0 Å². The van der Waals surface area contributed by atoms with Gasteiger partial charge in [-0.05, 0) is 52.9 Å². The quantitative estimate of drug-likeness (QED) is 0.190. The van der Waals surface area contributed by atoms with Crippen molar-refractivity contribution in [2.75, 3.05) is 0 Å². The van der Waals surface area contributed by atoms with E-state index in [0.29, 0.717) is 0 Å². The Hall–Kier alpha value is -6.03. The standard InChI is InChI=1S/C45H28N2S/c1-4-13-29(14-5-1)31-23-25-40-38(27-31)42-41(47(40)33-18-8-3-9-19-33)26-24-36-35-21-12-22-37(44(35)48-45(36)42)43-34-20-11-10-17-32(34)28-39(46-43)30-15-6-2-7-16-30/h1-28H. The number of thiophene rings is 1. The molecule has 0 spiro atoms. The van der Waals surface area contributed by atoms with Crippen LogP contribution in [0.1, 0.15) is 0 Å². The van der Waals surface area contributed by atoms with E-state index in [2.05, 4.69) is 174 Å². The Bertz CT molecular complexity index is 2810. The molecule has 0 bridgehead atoms. The lowest BCUT2D eigenvalue weighted by molar-refractivity contribution is 1.18. The highest BCUT2D eigenvalue weighted by molar-refractivity contribution is 7.27. The van der Waals surface area contributed by atoms with Crippen molar-refractivity contribution in [1.82, 2.24) is 9.55 Å². The number of hydrogen-bond donors (Lipinski definition) is 0. The maximum Gasteiger partial charge on any atom is 0.0802 e. The summed E-state index contributed by atoms with van der Waals surface area (Å²) in [5, 5.41) is 7.48. The zero-order valence-electron chi connectivity index (χ0n) is 26.0. The molecule has 0 radical (unpaired) electrons. The minimum Gasteiger partial charge on any atom is -0.309 e. The van der Waals surface area contributed by atoms with Crippen molar-refractivity contribution in [2.45, 2.75) is 0 Å². The highest BCUT2D eigenvalue weighted by atomic mass is 32.1. The predicted octanol–water partition coefficient (Wildman–Crippen LogP) is 12.7. The highest BCUT2D eigenvalue weighted by Gasteiger charge is 2.20. The van der Waals surface area contributed by atoms with Gasteiger partial charge in [0.15, 0.2) is 0 Å². The van der Waals surface area contributed by atoms with Crippen molar-refractivity contribution in [3.63, 3.8) is 0 Å². The molecule has 10 rings (SSSR count). The summed E-state index contributed by atoms with van der Waals surface area (Å²) in [5.74, 6) is 0. The molecule has 0 saturated carbocycles. The van der Waals surface area contributed by atoms with Crippen molar-refractivity contribution >= 4 is 64.1 Å². The Kier molecular flexibility index (Phi) is 6.08. The van der Waals surface area contributed by atoms with Crippen molar-refractivity contribution in [3.8, 4) is 39.3 Å². The Labute approximate surface area is 281 Å². The van der Waals surface area contributed by atoms with Crippen molar-refractivity contribution in [3.05, 3.63) is 170 Å². The van der Waals surface area contributed by atoms with Crippen LogP contribution < -0.4 is 0 Å². The van der Waals surface area contributed by atoms with E-state index in [-0.39, 0.29) is 0 Å². The van der Waals surface area contributed by atoms with Gasteiger partial charge < -0.3 is 4.57 Å². The summed E-state index contributed by atoms with van der Waals surface area (Å²) >= 11 is 1.89. The first-order chi connectivity index (χ1) is 23.8. The van der Waals surface area contributed by atoms with Gasteiger partial charge in [0.1, 0.15) is 0 Å². The molecular formula is C45H28N2S. The lowest BCUT2D eigenvalue weighted by Gasteiger charge is -2.11. The second-order valence-corrected chi connectivity index (χ2v) is 13.4. The zero-order valence-corrected chi connectivity index (χ0v) is 26.8. The third-order valence-corrected chi connectivity index (χ3v) is 10.9. The number of benzene rings is 7. The van der Waals surface area contributed by atoms with Crippen LogP contribution in [0, 0.1) is 0 Å². The van der Waals surface area contributed by atoms with Crippen molar-refractivity contribution in [2.24, 2.45) is 0 Å². The van der Waals surface area contributed by atoms with E-state index < -0.39 is 0 Å². The van der Waals surface area contributed by atoms with Gasteiger partial charge in [-0.1, -0.05) is 133 Å². The summed E-state index contributed by atoms with van der Waals surface area (Å²) in [6, 6.07) is 61.1. The van der Waals surface area contributed by atoms with E-state index in [1.807, 2.05) is 11.3 Å². The molecule has 3 heteroatoms. The Morgan fingerprint density at radius 3 is 1.92 bits per heavy atom.